The van der Waals surface area contributed by atoms with Crippen molar-refractivity contribution in [2.45, 2.75) is 4.90 Å². The Morgan fingerprint density at radius 2 is 2.00 bits per heavy atom. The molecular formula is C13H13IN2O5S. The molecule has 1 aliphatic rings. The fraction of sp³-hybridized carbons (Fsp3) is 0.308. The Hall–Kier alpha value is -1.17. The van der Waals surface area contributed by atoms with Crippen LogP contribution in [0.2, 0.25) is 0 Å². The number of carboxylic acids is 1. The minimum absolute atomic E-state index is 0.171. The van der Waals surface area contributed by atoms with E-state index in [9.17, 15) is 18.3 Å². The number of nitrogens with zero attached hydrogens (tertiary/aromatic N) is 1. The number of benzene rings is 1. The van der Waals surface area contributed by atoms with Gasteiger partial charge >= 0.3 is 5.97 Å². The van der Waals surface area contributed by atoms with Gasteiger partial charge in [-0.15, -0.1) is 0 Å². The molecule has 2 N–H and O–H groups in total. The van der Waals surface area contributed by atoms with Gasteiger partial charge in [-0.25, -0.2) is 13.2 Å². The first-order valence-corrected chi connectivity index (χ1v) is 9.05. The number of nitrogens with one attached hydrogen (secondary N) is 1. The maximum absolute atomic E-state index is 12.9. The summed E-state index contributed by atoms with van der Waals surface area (Å²) >= 11 is 2.06. The normalized spacial score (nSPS) is 17.0. The van der Waals surface area contributed by atoms with Crippen molar-refractivity contribution < 1.29 is 23.1 Å². The fourth-order valence-corrected chi connectivity index (χ4v) is 4.70. The number of halogens is 1. The van der Waals surface area contributed by atoms with Gasteiger partial charge in [0.25, 0.3) is 0 Å². The summed E-state index contributed by atoms with van der Waals surface area (Å²) in [6.07, 6.45) is 0. The molecule has 1 saturated heterocycles. The Balaban J connectivity index is 2.25. The van der Waals surface area contributed by atoms with Gasteiger partial charge in [-0.2, -0.15) is 4.31 Å². The topological polar surface area (TPSA) is 99.7 Å². The van der Waals surface area contributed by atoms with Crippen molar-refractivity contribution in [3.05, 3.63) is 27.5 Å². The van der Waals surface area contributed by atoms with Crippen molar-refractivity contribution in [2.24, 2.45) is 0 Å². The SMILES string of the molecule is O=C(O)c1[nH]c2ccc(I)cc2c1S(=O)(=O)N1CCOCC1. The highest BCUT2D eigenvalue weighted by atomic mass is 127. The number of fused-ring (bicyclic) bond motifs is 1. The Morgan fingerprint density at radius 1 is 1.32 bits per heavy atom. The molecular weight excluding hydrogens is 423 g/mol. The van der Waals surface area contributed by atoms with Gasteiger partial charge in [0.15, 0.2) is 0 Å². The van der Waals surface area contributed by atoms with Gasteiger partial charge in [-0.3, -0.25) is 0 Å². The van der Waals surface area contributed by atoms with Crippen LogP contribution in [0.4, 0.5) is 0 Å². The van der Waals surface area contributed by atoms with Crippen LogP contribution in [0.15, 0.2) is 23.1 Å². The lowest BCUT2D eigenvalue weighted by molar-refractivity contribution is 0.0683. The Kier molecular flexibility index (Phi) is 4.14. The monoisotopic (exact) mass is 436 g/mol. The molecule has 1 aliphatic heterocycles. The molecule has 0 saturated carbocycles. The van der Waals surface area contributed by atoms with Gasteiger partial charge in [0.1, 0.15) is 10.6 Å². The van der Waals surface area contributed by atoms with Crippen LogP contribution in [0.3, 0.4) is 0 Å². The number of sulfonamides is 1. The molecule has 1 fully saturated rings. The molecule has 7 nitrogen and oxygen atoms in total. The Bertz CT molecular complexity index is 839. The van der Waals surface area contributed by atoms with Gasteiger partial charge in [0, 0.05) is 27.6 Å². The highest BCUT2D eigenvalue weighted by Gasteiger charge is 2.33. The van der Waals surface area contributed by atoms with E-state index in [4.69, 9.17) is 4.74 Å². The van der Waals surface area contributed by atoms with Crippen LogP contribution in [0.1, 0.15) is 10.5 Å². The summed E-state index contributed by atoms with van der Waals surface area (Å²) in [7, 11) is -3.90. The Labute approximate surface area is 140 Å². The minimum atomic E-state index is -3.90. The Morgan fingerprint density at radius 3 is 2.64 bits per heavy atom. The molecule has 9 heteroatoms. The number of aromatic amines is 1. The summed E-state index contributed by atoms with van der Waals surface area (Å²) in [4.78, 5) is 14.0. The first kappa shape index (κ1) is 15.7. The molecule has 1 aromatic heterocycles. The molecule has 3 rings (SSSR count). The number of morpholine rings is 1. The first-order valence-electron chi connectivity index (χ1n) is 6.53. The summed E-state index contributed by atoms with van der Waals surface area (Å²) in [5, 5.41) is 9.76. The van der Waals surface area contributed by atoms with E-state index in [0.717, 1.165) is 3.57 Å². The van der Waals surface area contributed by atoms with Crippen molar-refractivity contribution in [2.75, 3.05) is 26.3 Å². The molecule has 0 spiro atoms. The predicted octanol–water partition coefficient (Wildman–Crippen LogP) is 1.49. The third-order valence-corrected chi connectivity index (χ3v) is 6.15. The number of hydrogen-bond donors (Lipinski definition) is 2. The summed E-state index contributed by atoms with van der Waals surface area (Å²) in [6.45, 7) is 1.05. The number of ether oxygens (including phenoxy) is 1. The second kappa shape index (κ2) is 5.80. The molecule has 118 valence electrons. The molecule has 2 aromatic rings. The van der Waals surface area contributed by atoms with E-state index in [1.807, 2.05) is 0 Å². The average Bonchev–Trinajstić information content (AvgIpc) is 2.87. The number of aromatic nitrogens is 1. The standard InChI is InChI=1S/C13H13IN2O5S/c14-8-1-2-10-9(7-8)12(11(15-10)13(17)18)22(19,20)16-3-5-21-6-4-16/h1-2,7,15H,3-6H2,(H,17,18). The van der Waals surface area contributed by atoms with E-state index in [-0.39, 0.29) is 23.7 Å². The predicted molar refractivity (Wildman–Crippen MR) is 87.6 cm³/mol. The molecule has 0 radical (unpaired) electrons. The molecule has 0 atom stereocenters. The molecule has 1 aromatic carbocycles. The zero-order valence-electron chi connectivity index (χ0n) is 11.4. The highest BCUT2D eigenvalue weighted by molar-refractivity contribution is 14.1. The van der Waals surface area contributed by atoms with Gasteiger partial charge in [0.2, 0.25) is 10.0 Å². The second-order valence-electron chi connectivity index (χ2n) is 4.84. The van der Waals surface area contributed by atoms with Crippen LogP contribution in [0.5, 0.6) is 0 Å². The number of aromatic carboxylic acids is 1. The summed E-state index contributed by atoms with van der Waals surface area (Å²) < 4.78 is 33.0. The fourth-order valence-electron chi connectivity index (χ4n) is 2.47. The average molecular weight is 436 g/mol. The lowest BCUT2D eigenvalue weighted by Gasteiger charge is -2.26. The zero-order valence-corrected chi connectivity index (χ0v) is 14.3. The maximum Gasteiger partial charge on any atom is 0.353 e. The smallest absolute Gasteiger partial charge is 0.353 e. The van der Waals surface area contributed by atoms with E-state index in [0.29, 0.717) is 24.1 Å². The van der Waals surface area contributed by atoms with E-state index in [1.165, 1.54) is 4.31 Å². The third-order valence-electron chi connectivity index (χ3n) is 3.49. The lowest BCUT2D eigenvalue weighted by Crippen LogP contribution is -2.41. The second-order valence-corrected chi connectivity index (χ2v) is 7.96. The molecule has 22 heavy (non-hydrogen) atoms. The van der Waals surface area contributed by atoms with Crippen molar-refractivity contribution in [1.29, 1.82) is 0 Å². The quantitative estimate of drug-likeness (QED) is 0.711. The number of carboxylic acid groups (broad SMARTS) is 1. The van der Waals surface area contributed by atoms with Crippen molar-refractivity contribution in [3.63, 3.8) is 0 Å². The summed E-state index contributed by atoms with van der Waals surface area (Å²) in [6, 6.07) is 5.14. The lowest BCUT2D eigenvalue weighted by atomic mass is 10.2. The third kappa shape index (κ3) is 2.62. The van der Waals surface area contributed by atoms with Gasteiger partial charge in [-0.05, 0) is 40.8 Å². The summed E-state index contributed by atoms with van der Waals surface area (Å²) in [5.41, 5.74) is 0.188. The maximum atomic E-state index is 12.9. The molecule has 0 bridgehead atoms. The molecule has 0 amide bonds. The summed E-state index contributed by atoms with van der Waals surface area (Å²) in [5.74, 6) is -1.29. The van der Waals surface area contributed by atoms with Crippen LogP contribution in [-0.2, 0) is 14.8 Å². The first-order chi connectivity index (χ1) is 10.4. The number of H-pyrrole nitrogens is 1. The van der Waals surface area contributed by atoms with E-state index in [2.05, 4.69) is 27.6 Å². The number of carbonyl (C=O) groups is 1. The zero-order chi connectivity index (χ0) is 15.9. The molecule has 2 heterocycles. The minimum Gasteiger partial charge on any atom is -0.477 e. The van der Waals surface area contributed by atoms with Gasteiger partial charge < -0.3 is 14.8 Å². The van der Waals surface area contributed by atoms with E-state index < -0.39 is 16.0 Å². The van der Waals surface area contributed by atoms with Crippen LogP contribution in [0, 0.1) is 3.57 Å². The van der Waals surface area contributed by atoms with Crippen LogP contribution in [-0.4, -0.2) is 55.1 Å². The van der Waals surface area contributed by atoms with Crippen molar-refractivity contribution in [3.8, 4) is 0 Å². The van der Waals surface area contributed by atoms with E-state index in [1.54, 1.807) is 18.2 Å². The molecule has 0 unspecified atom stereocenters. The van der Waals surface area contributed by atoms with E-state index >= 15 is 0 Å². The van der Waals surface area contributed by atoms with Gasteiger partial charge in [-0.1, -0.05) is 0 Å². The van der Waals surface area contributed by atoms with Gasteiger partial charge in [0.05, 0.1) is 13.2 Å². The highest BCUT2D eigenvalue weighted by Crippen LogP contribution is 2.31. The largest absolute Gasteiger partial charge is 0.477 e. The van der Waals surface area contributed by atoms with Crippen LogP contribution in [0.25, 0.3) is 10.9 Å². The van der Waals surface area contributed by atoms with Crippen molar-refractivity contribution >= 4 is 49.5 Å². The van der Waals surface area contributed by atoms with Crippen LogP contribution >= 0.6 is 22.6 Å². The van der Waals surface area contributed by atoms with Crippen LogP contribution < -0.4 is 0 Å². The molecule has 0 aliphatic carbocycles. The van der Waals surface area contributed by atoms with Crippen molar-refractivity contribution in [1.82, 2.24) is 9.29 Å². The number of rotatable bonds is 3. The number of hydrogen-bond acceptors (Lipinski definition) is 4.